The number of nitrogens with one attached hydrogen (secondary N) is 1. The Labute approximate surface area is 197 Å². The lowest BCUT2D eigenvalue weighted by Crippen LogP contribution is -2.18. The van der Waals surface area contributed by atoms with Gasteiger partial charge in [0.2, 0.25) is 5.91 Å². The summed E-state index contributed by atoms with van der Waals surface area (Å²) in [5.74, 6) is 0.948. The summed E-state index contributed by atoms with van der Waals surface area (Å²) in [4.78, 5) is 12.6. The number of amides is 1. The number of hydrogen-bond acceptors (Lipinski definition) is 5. The molecule has 33 heavy (non-hydrogen) atoms. The lowest BCUT2D eigenvalue weighted by Gasteiger charge is -2.15. The predicted molar refractivity (Wildman–Crippen MR) is 129 cm³/mol. The van der Waals surface area contributed by atoms with E-state index in [0.29, 0.717) is 23.4 Å². The van der Waals surface area contributed by atoms with E-state index in [1.54, 1.807) is 12.1 Å². The average molecular weight is 469 g/mol. The Hall–Kier alpha value is -2.71. The molecule has 1 saturated heterocycles. The molecular formula is C25H29FN4O2S. The van der Waals surface area contributed by atoms with Crippen LogP contribution >= 0.6 is 11.8 Å². The number of carbonyl (C=O) groups excluding carboxylic acids is 1. The molecule has 1 N–H and O–H groups in total. The third kappa shape index (κ3) is 6.00. The van der Waals surface area contributed by atoms with E-state index in [0.717, 1.165) is 37.1 Å². The number of aromatic nitrogens is 3. The van der Waals surface area contributed by atoms with Crippen molar-refractivity contribution in [1.29, 1.82) is 0 Å². The molecule has 4 rings (SSSR count). The smallest absolute Gasteiger partial charge is 0.234 e. The number of thioether (sulfide) groups is 1. The first-order valence-electron chi connectivity index (χ1n) is 11.4. The fourth-order valence-corrected chi connectivity index (χ4v) is 4.57. The summed E-state index contributed by atoms with van der Waals surface area (Å²) >= 11 is 1.34. The van der Waals surface area contributed by atoms with Crippen LogP contribution in [-0.4, -0.2) is 39.1 Å². The van der Waals surface area contributed by atoms with Crippen molar-refractivity contribution in [2.45, 2.75) is 56.8 Å². The average Bonchev–Trinajstić information content (AvgIpc) is 3.49. The van der Waals surface area contributed by atoms with Gasteiger partial charge in [-0.05, 0) is 67.1 Å². The summed E-state index contributed by atoms with van der Waals surface area (Å²) in [5.41, 5.74) is 2.82. The fraction of sp³-hybridized carbons (Fsp3) is 0.400. The largest absolute Gasteiger partial charge is 0.376 e. The van der Waals surface area contributed by atoms with Gasteiger partial charge in [-0.25, -0.2) is 4.39 Å². The van der Waals surface area contributed by atoms with Crippen LogP contribution in [0.15, 0.2) is 53.7 Å². The topological polar surface area (TPSA) is 69.0 Å². The van der Waals surface area contributed by atoms with Gasteiger partial charge in [-0.2, -0.15) is 0 Å². The van der Waals surface area contributed by atoms with Crippen molar-refractivity contribution in [2.24, 2.45) is 0 Å². The molecule has 0 spiro atoms. The zero-order chi connectivity index (χ0) is 23.2. The summed E-state index contributed by atoms with van der Waals surface area (Å²) in [6, 6.07) is 14.2. The Bertz CT molecular complexity index is 1060. The minimum atomic E-state index is -0.299. The summed E-state index contributed by atoms with van der Waals surface area (Å²) in [6.07, 6.45) is 3.16. The normalized spacial score (nSPS) is 16.6. The molecule has 1 fully saturated rings. The van der Waals surface area contributed by atoms with E-state index in [-0.39, 0.29) is 23.6 Å². The maximum atomic E-state index is 13.4. The maximum Gasteiger partial charge on any atom is 0.234 e. The second kappa shape index (κ2) is 10.9. The van der Waals surface area contributed by atoms with Crippen LogP contribution in [-0.2, 0) is 16.1 Å². The molecule has 3 aromatic rings. The molecule has 1 aliphatic heterocycles. The molecule has 2 aromatic carbocycles. The van der Waals surface area contributed by atoms with Gasteiger partial charge in [0.05, 0.1) is 18.4 Å². The Balaban J connectivity index is 1.44. The van der Waals surface area contributed by atoms with Crippen LogP contribution in [0.1, 0.15) is 44.6 Å². The highest BCUT2D eigenvalue weighted by Gasteiger charge is 2.22. The van der Waals surface area contributed by atoms with Crippen molar-refractivity contribution < 1.29 is 13.9 Å². The van der Waals surface area contributed by atoms with E-state index in [2.05, 4.69) is 41.5 Å². The van der Waals surface area contributed by atoms with Crippen molar-refractivity contribution in [3.63, 3.8) is 0 Å². The molecule has 1 amide bonds. The van der Waals surface area contributed by atoms with Crippen molar-refractivity contribution >= 4 is 23.4 Å². The number of ether oxygens (including phenoxy) is 1. The van der Waals surface area contributed by atoms with E-state index in [4.69, 9.17) is 4.74 Å². The molecule has 0 radical (unpaired) electrons. The molecule has 2 atom stereocenters. The van der Waals surface area contributed by atoms with Crippen molar-refractivity contribution in [3.8, 4) is 11.4 Å². The SMILES string of the molecule is CC[C@@H](C)c1ccc(NC(=O)CSc2nnc(-c3ccc(F)cc3)n2C[C@H]2CCCO2)cc1. The third-order valence-electron chi connectivity index (χ3n) is 5.94. The van der Waals surface area contributed by atoms with E-state index in [1.807, 2.05) is 16.7 Å². The van der Waals surface area contributed by atoms with Crippen LogP contribution < -0.4 is 5.32 Å². The Morgan fingerprint density at radius 3 is 2.64 bits per heavy atom. The molecule has 0 bridgehead atoms. The van der Waals surface area contributed by atoms with E-state index in [9.17, 15) is 9.18 Å². The first-order chi connectivity index (χ1) is 16.0. The van der Waals surface area contributed by atoms with Gasteiger partial charge in [0.1, 0.15) is 5.82 Å². The second-order valence-corrected chi connectivity index (χ2v) is 9.27. The zero-order valence-electron chi connectivity index (χ0n) is 19.0. The molecule has 0 unspecified atom stereocenters. The predicted octanol–water partition coefficient (Wildman–Crippen LogP) is 5.51. The zero-order valence-corrected chi connectivity index (χ0v) is 19.8. The molecule has 6 nitrogen and oxygen atoms in total. The first kappa shape index (κ1) is 23.4. The molecule has 2 heterocycles. The molecule has 0 saturated carbocycles. The van der Waals surface area contributed by atoms with Crippen LogP contribution in [0.2, 0.25) is 0 Å². The standard InChI is InChI=1S/C25H29FN4O2S/c1-3-17(2)18-8-12-21(13-9-18)27-23(31)16-33-25-29-28-24(19-6-10-20(26)11-7-19)30(25)15-22-5-4-14-32-22/h6-13,17,22H,3-5,14-16H2,1-2H3,(H,27,31)/t17-,22-/m1/s1. The van der Waals surface area contributed by atoms with Crippen molar-refractivity contribution in [2.75, 3.05) is 17.7 Å². The van der Waals surface area contributed by atoms with Gasteiger partial charge in [0.25, 0.3) is 0 Å². The number of hydrogen-bond donors (Lipinski definition) is 1. The third-order valence-corrected chi connectivity index (χ3v) is 6.90. The van der Waals surface area contributed by atoms with Crippen LogP contribution in [0.3, 0.4) is 0 Å². The van der Waals surface area contributed by atoms with Crippen LogP contribution in [0.4, 0.5) is 10.1 Å². The molecule has 1 aromatic heterocycles. The van der Waals surface area contributed by atoms with Gasteiger partial charge in [0, 0.05) is 17.9 Å². The lowest BCUT2D eigenvalue weighted by atomic mass is 9.99. The molecule has 174 valence electrons. The van der Waals surface area contributed by atoms with Crippen LogP contribution in [0.25, 0.3) is 11.4 Å². The monoisotopic (exact) mass is 468 g/mol. The highest BCUT2D eigenvalue weighted by molar-refractivity contribution is 7.99. The Kier molecular flexibility index (Phi) is 7.77. The van der Waals surface area contributed by atoms with E-state index in [1.165, 1.54) is 29.5 Å². The lowest BCUT2D eigenvalue weighted by molar-refractivity contribution is -0.113. The fourth-order valence-electron chi connectivity index (χ4n) is 3.82. The number of anilines is 1. The Morgan fingerprint density at radius 1 is 1.21 bits per heavy atom. The maximum absolute atomic E-state index is 13.4. The van der Waals surface area contributed by atoms with Gasteiger partial charge >= 0.3 is 0 Å². The van der Waals surface area contributed by atoms with E-state index >= 15 is 0 Å². The number of halogens is 1. The number of rotatable bonds is 9. The van der Waals surface area contributed by atoms with Gasteiger partial charge in [-0.1, -0.05) is 37.7 Å². The summed E-state index contributed by atoms with van der Waals surface area (Å²) in [7, 11) is 0. The van der Waals surface area contributed by atoms with Gasteiger partial charge < -0.3 is 10.1 Å². The highest BCUT2D eigenvalue weighted by Crippen LogP contribution is 2.27. The summed E-state index contributed by atoms with van der Waals surface area (Å²) < 4.78 is 21.2. The van der Waals surface area contributed by atoms with Crippen molar-refractivity contribution in [3.05, 3.63) is 59.9 Å². The van der Waals surface area contributed by atoms with Gasteiger partial charge in [-0.3, -0.25) is 9.36 Å². The minimum Gasteiger partial charge on any atom is -0.376 e. The van der Waals surface area contributed by atoms with Crippen LogP contribution in [0.5, 0.6) is 0 Å². The highest BCUT2D eigenvalue weighted by atomic mass is 32.2. The number of carbonyl (C=O) groups is 1. The minimum absolute atomic E-state index is 0.0809. The quantitative estimate of drug-likeness (QED) is 0.420. The summed E-state index contributed by atoms with van der Waals surface area (Å²) in [6.45, 7) is 5.70. The number of benzene rings is 2. The van der Waals surface area contributed by atoms with E-state index < -0.39 is 0 Å². The molecule has 8 heteroatoms. The molecule has 1 aliphatic rings. The Morgan fingerprint density at radius 2 is 1.97 bits per heavy atom. The van der Waals surface area contributed by atoms with Crippen LogP contribution in [0, 0.1) is 5.82 Å². The molecular weight excluding hydrogens is 439 g/mol. The van der Waals surface area contributed by atoms with Gasteiger partial charge in [-0.15, -0.1) is 10.2 Å². The van der Waals surface area contributed by atoms with Gasteiger partial charge in [0.15, 0.2) is 11.0 Å². The second-order valence-electron chi connectivity index (χ2n) is 8.33. The van der Waals surface area contributed by atoms with Crippen molar-refractivity contribution in [1.82, 2.24) is 14.8 Å². The first-order valence-corrected chi connectivity index (χ1v) is 12.4. The summed E-state index contributed by atoms with van der Waals surface area (Å²) in [5, 5.41) is 12.3. The number of nitrogens with zero attached hydrogens (tertiary/aromatic N) is 3. The molecule has 0 aliphatic carbocycles.